The van der Waals surface area contributed by atoms with E-state index in [9.17, 15) is 0 Å². The van der Waals surface area contributed by atoms with Gasteiger partial charge in [-0.05, 0) is 28.6 Å². The number of aromatic nitrogens is 5. The molecule has 0 atom stereocenters. The van der Waals surface area contributed by atoms with E-state index in [2.05, 4.69) is 76.1 Å². The van der Waals surface area contributed by atoms with Gasteiger partial charge in [-0.15, -0.1) is 0 Å². The van der Waals surface area contributed by atoms with E-state index in [0.717, 1.165) is 44.4 Å². The maximum Gasteiger partial charge on any atom is 0.164 e. The second-order valence-electron chi connectivity index (χ2n) is 10.0. The van der Waals surface area contributed by atoms with Crippen LogP contribution in [0.1, 0.15) is 0 Å². The van der Waals surface area contributed by atoms with Gasteiger partial charge in [0.1, 0.15) is 5.65 Å². The third kappa shape index (κ3) is 4.03. The van der Waals surface area contributed by atoms with Crippen molar-refractivity contribution in [2.24, 2.45) is 0 Å². The van der Waals surface area contributed by atoms with E-state index >= 15 is 0 Å². The Morgan fingerprint density at radius 2 is 0.976 bits per heavy atom. The number of hydrogen-bond donors (Lipinski definition) is 0. The fraction of sp³-hybridized carbons (Fsp3) is 0. The summed E-state index contributed by atoms with van der Waals surface area (Å²) in [4.78, 5) is 19.3. The summed E-state index contributed by atoms with van der Waals surface area (Å²) in [7, 11) is 0. The zero-order chi connectivity index (χ0) is 27.2. The molecule has 0 fully saturated rings. The molecule has 3 aromatic heterocycles. The lowest BCUT2D eigenvalue weighted by Gasteiger charge is -2.12. The Balaban J connectivity index is 1.29. The molecule has 0 radical (unpaired) electrons. The van der Waals surface area contributed by atoms with E-state index in [1.54, 1.807) is 0 Å². The Morgan fingerprint density at radius 1 is 0.415 bits per heavy atom. The predicted molar refractivity (Wildman–Crippen MR) is 165 cm³/mol. The molecule has 0 N–H and O–H groups in total. The van der Waals surface area contributed by atoms with Gasteiger partial charge in [-0.25, -0.2) is 19.9 Å². The number of nitrogens with zero attached hydrogens (tertiary/aromatic N) is 5. The van der Waals surface area contributed by atoms with Gasteiger partial charge in [0, 0.05) is 39.9 Å². The van der Waals surface area contributed by atoms with Crippen LogP contribution in [-0.2, 0) is 0 Å². The van der Waals surface area contributed by atoms with Crippen molar-refractivity contribution in [2.45, 2.75) is 0 Å². The summed E-state index contributed by atoms with van der Waals surface area (Å²) in [5, 5.41) is 3.55. The number of pyridine rings is 1. The summed E-state index contributed by atoms with van der Waals surface area (Å²) < 4.78 is 2.18. The minimum Gasteiger partial charge on any atom is -0.299 e. The first-order valence-corrected chi connectivity index (χ1v) is 13.6. The minimum absolute atomic E-state index is 0.642. The SMILES string of the molecule is c1ccc(-c2nc(-c3ccccc3)nc(-c3cccc(-c4ccc5c6ccccc6c6nccn6c5c4)c3)n2)cc1. The molecule has 0 spiro atoms. The molecule has 5 aromatic carbocycles. The average molecular weight is 526 g/mol. The van der Waals surface area contributed by atoms with Crippen LogP contribution < -0.4 is 0 Å². The lowest BCUT2D eigenvalue weighted by Crippen LogP contribution is -2.00. The van der Waals surface area contributed by atoms with Crippen molar-refractivity contribution in [3.8, 4) is 45.3 Å². The van der Waals surface area contributed by atoms with E-state index in [4.69, 9.17) is 15.0 Å². The molecular formula is C36H23N5. The number of benzene rings is 5. The van der Waals surface area contributed by atoms with Gasteiger partial charge in [0.25, 0.3) is 0 Å². The lowest BCUT2D eigenvalue weighted by atomic mass is 9.99. The van der Waals surface area contributed by atoms with Gasteiger partial charge in [0.15, 0.2) is 17.5 Å². The van der Waals surface area contributed by atoms with Gasteiger partial charge < -0.3 is 0 Å². The Hall–Kier alpha value is -5.68. The number of fused-ring (bicyclic) bond motifs is 6. The number of hydrogen-bond acceptors (Lipinski definition) is 4. The Labute approximate surface area is 236 Å². The fourth-order valence-electron chi connectivity index (χ4n) is 5.52. The minimum atomic E-state index is 0.642. The second-order valence-corrected chi connectivity index (χ2v) is 10.0. The highest BCUT2D eigenvalue weighted by Gasteiger charge is 2.14. The Bertz CT molecular complexity index is 2140. The zero-order valence-electron chi connectivity index (χ0n) is 22.0. The highest BCUT2D eigenvalue weighted by atomic mass is 15.0. The van der Waals surface area contributed by atoms with E-state index in [0.29, 0.717) is 17.5 Å². The highest BCUT2D eigenvalue weighted by Crippen LogP contribution is 2.33. The summed E-state index contributed by atoms with van der Waals surface area (Å²) in [6.45, 7) is 0. The van der Waals surface area contributed by atoms with Crippen LogP contribution in [-0.4, -0.2) is 24.3 Å². The molecule has 192 valence electrons. The van der Waals surface area contributed by atoms with Crippen LogP contribution in [0.15, 0.2) is 140 Å². The van der Waals surface area contributed by atoms with Gasteiger partial charge in [0.2, 0.25) is 0 Å². The van der Waals surface area contributed by atoms with Gasteiger partial charge in [-0.1, -0.05) is 115 Å². The van der Waals surface area contributed by atoms with Crippen LogP contribution in [0.4, 0.5) is 0 Å². The average Bonchev–Trinajstić information content (AvgIpc) is 3.56. The predicted octanol–water partition coefficient (Wildman–Crippen LogP) is 8.49. The van der Waals surface area contributed by atoms with Crippen molar-refractivity contribution in [2.75, 3.05) is 0 Å². The zero-order valence-corrected chi connectivity index (χ0v) is 22.0. The van der Waals surface area contributed by atoms with Crippen molar-refractivity contribution in [1.82, 2.24) is 24.3 Å². The molecule has 8 rings (SSSR count). The standard InChI is InChI=1S/C36H23N5/c1-3-10-24(11-4-1)33-38-34(25-12-5-2-6-13-25)40-35(39-33)28-15-9-14-26(22-28)27-18-19-30-29-16-7-8-17-31(29)36-37-20-21-41(36)32(30)23-27/h1-23H. The summed E-state index contributed by atoms with van der Waals surface area (Å²) in [5.74, 6) is 1.95. The van der Waals surface area contributed by atoms with Crippen LogP contribution in [0.2, 0.25) is 0 Å². The summed E-state index contributed by atoms with van der Waals surface area (Å²) in [6.07, 6.45) is 3.90. The molecule has 0 saturated carbocycles. The summed E-state index contributed by atoms with van der Waals surface area (Å²) >= 11 is 0. The van der Waals surface area contributed by atoms with Crippen molar-refractivity contribution >= 4 is 27.3 Å². The van der Waals surface area contributed by atoms with Crippen LogP contribution >= 0.6 is 0 Å². The van der Waals surface area contributed by atoms with Crippen LogP contribution in [0, 0.1) is 0 Å². The Kier molecular flexibility index (Phi) is 5.38. The normalized spacial score (nSPS) is 11.4. The highest BCUT2D eigenvalue weighted by molar-refractivity contribution is 6.12. The third-order valence-corrected chi connectivity index (χ3v) is 7.51. The van der Waals surface area contributed by atoms with E-state index in [1.807, 2.05) is 73.1 Å². The van der Waals surface area contributed by atoms with E-state index in [-0.39, 0.29) is 0 Å². The van der Waals surface area contributed by atoms with Gasteiger partial charge in [-0.2, -0.15) is 0 Å². The lowest BCUT2D eigenvalue weighted by molar-refractivity contribution is 1.07. The Morgan fingerprint density at radius 3 is 1.68 bits per heavy atom. The van der Waals surface area contributed by atoms with E-state index in [1.165, 1.54) is 10.8 Å². The van der Waals surface area contributed by atoms with Crippen LogP contribution in [0.5, 0.6) is 0 Å². The van der Waals surface area contributed by atoms with Gasteiger partial charge >= 0.3 is 0 Å². The molecular weight excluding hydrogens is 502 g/mol. The monoisotopic (exact) mass is 525 g/mol. The van der Waals surface area contributed by atoms with Crippen molar-refractivity contribution < 1.29 is 0 Å². The van der Waals surface area contributed by atoms with E-state index < -0.39 is 0 Å². The fourth-order valence-corrected chi connectivity index (χ4v) is 5.52. The molecule has 8 aromatic rings. The van der Waals surface area contributed by atoms with Crippen LogP contribution in [0.3, 0.4) is 0 Å². The molecule has 0 aliphatic rings. The molecule has 0 saturated heterocycles. The maximum atomic E-state index is 4.92. The maximum absolute atomic E-state index is 4.92. The third-order valence-electron chi connectivity index (χ3n) is 7.51. The molecule has 5 nitrogen and oxygen atoms in total. The molecule has 5 heteroatoms. The van der Waals surface area contributed by atoms with Gasteiger partial charge in [0.05, 0.1) is 5.52 Å². The van der Waals surface area contributed by atoms with Crippen LogP contribution in [0.25, 0.3) is 72.6 Å². The molecule has 0 aliphatic heterocycles. The first-order chi connectivity index (χ1) is 20.3. The van der Waals surface area contributed by atoms with Crippen molar-refractivity contribution in [1.29, 1.82) is 0 Å². The topological polar surface area (TPSA) is 56.0 Å². The largest absolute Gasteiger partial charge is 0.299 e. The molecule has 0 aliphatic carbocycles. The molecule has 3 heterocycles. The smallest absolute Gasteiger partial charge is 0.164 e. The molecule has 0 amide bonds. The summed E-state index contributed by atoms with van der Waals surface area (Å²) in [5.41, 5.74) is 7.14. The first kappa shape index (κ1) is 23.2. The molecule has 41 heavy (non-hydrogen) atoms. The summed E-state index contributed by atoms with van der Waals surface area (Å²) in [6, 6.07) is 43.6. The molecule has 0 bridgehead atoms. The first-order valence-electron chi connectivity index (χ1n) is 13.6. The van der Waals surface area contributed by atoms with Crippen molar-refractivity contribution in [3.05, 3.63) is 140 Å². The quantitative estimate of drug-likeness (QED) is 0.216. The number of rotatable bonds is 4. The number of imidazole rings is 1. The van der Waals surface area contributed by atoms with Gasteiger partial charge in [-0.3, -0.25) is 4.40 Å². The van der Waals surface area contributed by atoms with Crippen molar-refractivity contribution in [3.63, 3.8) is 0 Å². The second kappa shape index (κ2) is 9.50. The molecule has 0 unspecified atom stereocenters.